The lowest BCUT2D eigenvalue weighted by atomic mass is 10.0. The summed E-state index contributed by atoms with van der Waals surface area (Å²) in [6.45, 7) is 0. The van der Waals surface area contributed by atoms with Crippen LogP contribution in [0.5, 0.6) is 0 Å². The highest BCUT2D eigenvalue weighted by molar-refractivity contribution is 6.13. The van der Waals surface area contributed by atoms with Crippen molar-refractivity contribution in [3.05, 3.63) is 72.0 Å². The Morgan fingerprint density at radius 1 is 1.00 bits per heavy atom. The number of benzene rings is 3. The minimum atomic E-state index is -0.483. The number of rotatable bonds is 2. The standard InChI is InChI=1S/C17H13FN2O/c18-12-8-13(19)10-14(9-12)20-17(21)16-7-3-5-11-4-1-2-6-15(11)16/h1-10H,19H2,(H,20,21). The second kappa shape index (κ2) is 5.25. The summed E-state index contributed by atoms with van der Waals surface area (Å²) in [5.41, 5.74) is 6.72. The average Bonchev–Trinajstić information content (AvgIpc) is 2.45. The molecule has 3 aromatic carbocycles. The van der Waals surface area contributed by atoms with Gasteiger partial charge < -0.3 is 11.1 Å². The molecular weight excluding hydrogens is 267 g/mol. The number of hydrogen-bond acceptors (Lipinski definition) is 2. The lowest BCUT2D eigenvalue weighted by Crippen LogP contribution is -2.12. The monoisotopic (exact) mass is 280 g/mol. The van der Waals surface area contributed by atoms with Gasteiger partial charge in [-0.05, 0) is 35.0 Å². The van der Waals surface area contributed by atoms with Gasteiger partial charge in [-0.2, -0.15) is 0 Å². The molecular formula is C17H13FN2O. The predicted molar refractivity (Wildman–Crippen MR) is 82.7 cm³/mol. The highest BCUT2D eigenvalue weighted by atomic mass is 19.1. The van der Waals surface area contributed by atoms with Crippen molar-refractivity contribution >= 4 is 28.1 Å². The number of anilines is 2. The summed E-state index contributed by atoms with van der Waals surface area (Å²) in [5, 5.41) is 4.50. The molecule has 4 heteroatoms. The molecule has 0 saturated heterocycles. The SMILES string of the molecule is Nc1cc(F)cc(NC(=O)c2cccc3ccccc23)c1. The van der Waals surface area contributed by atoms with E-state index in [4.69, 9.17) is 5.73 Å². The number of nitrogens with two attached hydrogens (primary N) is 1. The van der Waals surface area contributed by atoms with Crippen LogP contribution in [0.25, 0.3) is 10.8 Å². The third kappa shape index (κ3) is 2.69. The quantitative estimate of drug-likeness (QED) is 0.701. The van der Waals surface area contributed by atoms with E-state index in [0.717, 1.165) is 10.8 Å². The van der Waals surface area contributed by atoms with Gasteiger partial charge >= 0.3 is 0 Å². The smallest absolute Gasteiger partial charge is 0.256 e. The van der Waals surface area contributed by atoms with E-state index in [2.05, 4.69) is 5.32 Å². The molecule has 3 aromatic rings. The molecule has 0 bridgehead atoms. The van der Waals surface area contributed by atoms with Gasteiger partial charge in [0.1, 0.15) is 5.82 Å². The van der Waals surface area contributed by atoms with Crippen molar-refractivity contribution in [1.82, 2.24) is 0 Å². The van der Waals surface area contributed by atoms with E-state index >= 15 is 0 Å². The molecule has 0 aliphatic rings. The summed E-state index contributed by atoms with van der Waals surface area (Å²) in [7, 11) is 0. The maximum Gasteiger partial charge on any atom is 0.256 e. The van der Waals surface area contributed by atoms with Crippen LogP contribution in [0.4, 0.5) is 15.8 Å². The fourth-order valence-corrected chi connectivity index (χ4v) is 2.31. The molecule has 0 heterocycles. The Morgan fingerprint density at radius 3 is 2.57 bits per heavy atom. The average molecular weight is 280 g/mol. The maximum absolute atomic E-state index is 13.3. The van der Waals surface area contributed by atoms with Crippen molar-refractivity contribution in [2.24, 2.45) is 0 Å². The van der Waals surface area contributed by atoms with E-state index < -0.39 is 5.82 Å². The van der Waals surface area contributed by atoms with Crippen LogP contribution in [0.3, 0.4) is 0 Å². The lowest BCUT2D eigenvalue weighted by molar-refractivity contribution is 0.102. The number of carbonyl (C=O) groups is 1. The van der Waals surface area contributed by atoms with Crippen LogP contribution in [0.15, 0.2) is 60.7 Å². The molecule has 3 rings (SSSR count). The van der Waals surface area contributed by atoms with Gasteiger partial charge in [0.15, 0.2) is 0 Å². The largest absolute Gasteiger partial charge is 0.399 e. The van der Waals surface area contributed by atoms with Crippen LogP contribution < -0.4 is 11.1 Å². The number of halogens is 1. The third-order valence-corrected chi connectivity index (χ3v) is 3.21. The molecule has 1 amide bonds. The number of amides is 1. The molecule has 0 aliphatic heterocycles. The van der Waals surface area contributed by atoms with Gasteiger partial charge in [0.05, 0.1) is 0 Å². The first kappa shape index (κ1) is 13.1. The molecule has 3 nitrogen and oxygen atoms in total. The van der Waals surface area contributed by atoms with Crippen LogP contribution >= 0.6 is 0 Å². The molecule has 0 saturated carbocycles. The Balaban J connectivity index is 1.97. The van der Waals surface area contributed by atoms with Crippen molar-refractivity contribution in [3.63, 3.8) is 0 Å². The Bertz CT molecular complexity index is 804. The number of fused-ring (bicyclic) bond motifs is 1. The fourth-order valence-electron chi connectivity index (χ4n) is 2.31. The van der Waals surface area contributed by atoms with Crippen molar-refractivity contribution < 1.29 is 9.18 Å². The molecule has 0 aliphatic carbocycles. The Hall–Kier alpha value is -2.88. The first-order valence-electron chi connectivity index (χ1n) is 6.49. The molecule has 21 heavy (non-hydrogen) atoms. The van der Waals surface area contributed by atoms with E-state index in [1.807, 2.05) is 36.4 Å². The second-order valence-electron chi connectivity index (χ2n) is 4.75. The Kier molecular flexibility index (Phi) is 3.28. The molecule has 0 atom stereocenters. The van der Waals surface area contributed by atoms with Crippen LogP contribution in [0.1, 0.15) is 10.4 Å². The fraction of sp³-hybridized carbons (Fsp3) is 0. The van der Waals surface area contributed by atoms with Gasteiger partial charge in [0.2, 0.25) is 0 Å². The zero-order valence-corrected chi connectivity index (χ0v) is 11.1. The van der Waals surface area contributed by atoms with Crippen LogP contribution in [-0.2, 0) is 0 Å². The molecule has 104 valence electrons. The highest BCUT2D eigenvalue weighted by Crippen LogP contribution is 2.21. The zero-order chi connectivity index (χ0) is 14.8. The minimum absolute atomic E-state index is 0.267. The summed E-state index contributed by atoms with van der Waals surface area (Å²) < 4.78 is 13.3. The van der Waals surface area contributed by atoms with E-state index in [-0.39, 0.29) is 11.6 Å². The van der Waals surface area contributed by atoms with Crippen LogP contribution in [0.2, 0.25) is 0 Å². The Morgan fingerprint density at radius 2 is 1.76 bits per heavy atom. The predicted octanol–water partition coefficient (Wildman–Crippen LogP) is 3.81. The van der Waals surface area contributed by atoms with E-state index in [9.17, 15) is 9.18 Å². The molecule has 0 fully saturated rings. The molecule has 0 radical (unpaired) electrons. The van der Waals surface area contributed by atoms with Gasteiger partial charge in [0, 0.05) is 16.9 Å². The van der Waals surface area contributed by atoms with Crippen LogP contribution in [0, 0.1) is 5.82 Å². The normalized spacial score (nSPS) is 10.5. The van der Waals surface area contributed by atoms with E-state index in [1.54, 1.807) is 6.07 Å². The van der Waals surface area contributed by atoms with Crippen molar-refractivity contribution in [2.45, 2.75) is 0 Å². The van der Waals surface area contributed by atoms with Gasteiger partial charge in [-0.15, -0.1) is 0 Å². The summed E-state index contributed by atoms with van der Waals surface area (Å²) >= 11 is 0. The number of nitrogens with one attached hydrogen (secondary N) is 1. The molecule has 0 spiro atoms. The number of nitrogen functional groups attached to an aromatic ring is 1. The maximum atomic E-state index is 13.3. The number of carbonyl (C=O) groups excluding carboxylic acids is 1. The minimum Gasteiger partial charge on any atom is -0.399 e. The van der Waals surface area contributed by atoms with Gasteiger partial charge in [-0.3, -0.25) is 4.79 Å². The first-order valence-corrected chi connectivity index (χ1v) is 6.49. The van der Waals surface area contributed by atoms with Gasteiger partial charge in [-0.25, -0.2) is 4.39 Å². The second-order valence-corrected chi connectivity index (χ2v) is 4.75. The third-order valence-electron chi connectivity index (χ3n) is 3.21. The van der Waals surface area contributed by atoms with Crippen LogP contribution in [-0.4, -0.2) is 5.91 Å². The van der Waals surface area contributed by atoms with Crippen molar-refractivity contribution in [1.29, 1.82) is 0 Å². The number of hydrogen-bond donors (Lipinski definition) is 2. The lowest BCUT2D eigenvalue weighted by Gasteiger charge is -2.09. The topological polar surface area (TPSA) is 55.1 Å². The summed E-state index contributed by atoms with van der Waals surface area (Å²) in [6, 6.07) is 17.1. The van der Waals surface area contributed by atoms with E-state index in [1.165, 1.54) is 18.2 Å². The van der Waals surface area contributed by atoms with Gasteiger partial charge in [-0.1, -0.05) is 36.4 Å². The summed E-state index contributed by atoms with van der Waals surface area (Å²) in [6.07, 6.45) is 0. The molecule has 0 unspecified atom stereocenters. The summed E-state index contributed by atoms with van der Waals surface area (Å²) in [4.78, 5) is 12.4. The molecule has 3 N–H and O–H groups in total. The highest BCUT2D eigenvalue weighted by Gasteiger charge is 2.10. The first-order chi connectivity index (χ1) is 10.1. The van der Waals surface area contributed by atoms with E-state index in [0.29, 0.717) is 11.3 Å². The molecule has 0 aromatic heterocycles. The van der Waals surface area contributed by atoms with Crippen molar-refractivity contribution in [2.75, 3.05) is 11.1 Å². The summed E-state index contributed by atoms with van der Waals surface area (Å²) in [5.74, 6) is -0.778. The van der Waals surface area contributed by atoms with Gasteiger partial charge in [0.25, 0.3) is 5.91 Å². The van der Waals surface area contributed by atoms with Crippen molar-refractivity contribution in [3.8, 4) is 0 Å². The zero-order valence-electron chi connectivity index (χ0n) is 11.1. The Labute approximate surface area is 121 Å².